The van der Waals surface area contributed by atoms with Gasteiger partial charge in [-0.3, -0.25) is 9.59 Å². The molecule has 0 spiro atoms. The zero-order valence-corrected chi connectivity index (χ0v) is 7.93. The van der Waals surface area contributed by atoms with E-state index in [2.05, 4.69) is 5.32 Å². The Kier molecular flexibility index (Phi) is 1.81. The number of esters is 1. The third kappa shape index (κ3) is 1.04. The number of fused-ring (bicyclic) bond motifs is 2. The van der Waals surface area contributed by atoms with Crippen molar-refractivity contribution < 1.29 is 18.7 Å². The van der Waals surface area contributed by atoms with Crippen molar-refractivity contribution in [3.63, 3.8) is 0 Å². The highest BCUT2D eigenvalue weighted by atomic mass is 19.1. The molecule has 0 unspecified atom stereocenters. The van der Waals surface area contributed by atoms with E-state index >= 15 is 0 Å². The molecule has 2 saturated heterocycles. The molecule has 0 radical (unpaired) electrons. The van der Waals surface area contributed by atoms with Gasteiger partial charge in [0.25, 0.3) is 0 Å². The van der Waals surface area contributed by atoms with Crippen LogP contribution in [0.5, 0.6) is 0 Å². The third-order valence-corrected chi connectivity index (χ3v) is 2.90. The number of carbonyl (C=O) groups excluding carboxylic acids is 2. The molecule has 4 nitrogen and oxygen atoms in total. The van der Waals surface area contributed by atoms with Crippen molar-refractivity contribution >= 4 is 11.9 Å². The first-order valence-corrected chi connectivity index (χ1v) is 4.67. The van der Waals surface area contributed by atoms with Gasteiger partial charge in [0, 0.05) is 12.8 Å². The molecular formula is C9H12FNO3. The topological polar surface area (TPSA) is 55.4 Å². The number of piperidine rings is 2. The number of amides is 1. The van der Waals surface area contributed by atoms with Crippen LogP contribution < -0.4 is 5.32 Å². The number of hydrogen-bond donors (Lipinski definition) is 1. The van der Waals surface area contributed by atoms with Crippen LogP contribution in [0, 0.1) is 5.41 Å². The zero-order valence-electron chi connectivity index (χ0n) is 7.93. The Hall–Kier alpha value is -1.13. The highest BCUT2D eigenvalue weighted by molar-refractivity contribution is 6.05. The second-order valence-corrected chi connectivity index (χ2v) is 3.99. The average molecular weight is 201 g/mol. The summed E-state index contributed by atoms with van der Waals surface area (Å²) < 4.78 is 18.3. The van der Waals surface area contributed by atoms with Gasteiger partial charge in [0.2, 0.25) is 5.91 Å². The molecule has 3 rings (SSSR count). The molecule has 3 aliphatic rings. The molecular weight excluding hydrogens is 189 g/mol. The zero-order chi connectivity index (χ0) is 10.4. The fourth-order valence-electron chi connectivity index (χ4n) is 2.23. The smallest absolute Gasteiger partial charge is 0.321 e. The van der Waals surface area contributed by atoms with E-state index in [0.717, 1.165) is 0 Å². The van der Waals surface area contributed by atoms with Crippen LogP contribution in [0.4, 0.5) is 4.39 Å². The minimum Gasteiger partial charge on any atom is -0.465 e. The second kappa shape index (κ2) is 2.68. The maximum atomic E-state index is 13.5. The van der Waals surface area contributed by atoms with Crippen molar-refractivity contribution in [1.29, 1.82) is 0 Å². The number of ether oxygens (including phenoxy) is 1. The summed E-state index contributed by atoms with van der Waals surface area (Å²) in [6.45, 7) is 1.90. The summed E-state index contributed by atoms with van der Waals surface area (Å²) >= 11 is 0. The van der Waals surface area contributed by atoms with E-state index in [-0.39, 0.29) is 26.0 Å². The van der Waals surface area contributed by atoms with Crippen molar-refractivity contribution in [1.82, 2.24) is 5.32 Å². The summed E-state index contributed by atoms with van der Waals surface area (Å²) in [6.07, 6.45) is -0.0463. The number of rotatable bonds is 2. The normalized spacial score (nSPS) is 39.7. The number of hydrogen-bond acceptors (Lipinski definition) is 3. The van der Waals surface area contributed by atoms with E-state index in [1.165, 1.54) is 0 Å². The van der Waals surface area contributed by atoms with Crippen molar-refractivity contribution in [2.24, 2.45) is 5.41 Å². The number of nitrogens with one attached hydrogen (secondary N) is 1. The van der Waals surface area contributed by atoms with Gasteiger partial charge in [0.05, 0.1) is 13.2 Å². The molecule has 2 bridgehead atoms. The average Bonchev–Trinajstić information content (AvgIpc) is 2.08. The summed E-state index contributed by atoms with van der Waals surface area (Å²) in [5, 5.41) is 2.39. The van der Waals surface area contributed by atoms with Crippen molar-refractivity contribution in [3.05, 3.63) is 0 Å². The molecule has 0 aromatic carbocycles. The van der Waals surface area contributed by atoms with Crippen molar-refractivity contribution in [2.45, 2.75) is 25.4 Å². The van der Waals surface area contributed by atoms with E-state index in [1.54, 1.807) is 6.92 Å². The molecule has 1 N–H and O–H groups in total. The maximum Gasteiger partial charge on any atom is 0.321 e. The number of alkyl halides is 1. The van der Waals surface area contributed by atoms with E-state index < -0.39 is 23.0 Å². The van der Waals surface area contributed by atoms with Gasteiger partial charge >= 0.3 is 5.97 Å². The van der Waals surface area contributed by atoms with Crippen LogP contribution in [0.3, 0.4) is 0 Å². The van der Waals surface area contributed by atoms with Crippen LogP contribution in [0.15, 0.2) is 0 Å². The molecule has 5 heteroatoms. The lowest BCUT2D eigenvalue weighted by Crippen LogP contribution is -2.70. The van der Waals surface area contributed by atoms with Gasteiger partial charge in [0.15, 0.2) is 5.41 Å². The predicted molar refractivity (Wildman–Crippen MR) is 45.1 cm³/mol. The SMILES string of the molecule is CCOC(=O)C12CC(F)(CNC1=O)C2. The van der Waals surface area contributed by atoms with E-state index in [9.17, 15) is 14.0 Å². The van der Waals surface area contributed by atoms with Crippen LogP contribution in [0.1, 0.15) is 19.8 Å². The first-order valence-electron chi connectivity index (χ1n) is 4.67. The molecule has 2 heterocycles. The Morgan fingerprint density at radius 3 is 2.86 bits per heavy atom. The fourth-order valence-corrected chi connectivity index (χ4v) is 2.23. The van der Waals surface area contributed by atoms with Crippen molar-refractivity contribution in [2.75, 3.05) is 13.2 Å². The van der Waals surface area contributed by atoms with Crippen LogP contribution >= 0.6 is 0 Å². The van der Waals surface area contributed by atoms with Gasteiger partial charge in [-0.25, -0.2) is 4.39 Å². The minimum atomic E-state index is -1.39. The van der Waals surface area contributed by atoms with Crippen LogP contribution in [0.2, 0.25) is 0 Å². The number of halogens is 1. The molecule has 14 heavy (non-hydrogen) atoms. The predicted octanol–water partition coefficient (Wildman–Crippen LogP) is 0.168. The first kappa shape index (κ1) is 9.43. The molecule has 0 atom stereocenters. The Balaban J connectivity index is 2.16. The van der Waals surface area contributed by atoms with E-state index in [0.29, 0.717) is 0 Å². The van der Waals surface area contributed by atoms with Gasteiger partial charge in [-0.05, 0) is 6.92 Å². The monoisotopic (exact) mass is 201 g/mol. The second-order valence-electron chi connectivity index (χ2n) is 3.99. The Morgan fingerprint density at radius 1 is 1.64 bits per heavy atom. The standard InChI is InChI=1S/C9H12FNO3/c1-2-14-7(13)9-3-8(10,4-9)5-11-6(9)12/h2-5H2,1H3,(H,11,12). The summed E-state index contributed by atoms with van der Waals surface area (Å²) in [6, 6.07) is 0. The highest BCUT2D eigenvalue weighted by Gasteiger charge is 2.68. The largest absolute Gasteiger partial charge is 0.465 e. The van der Waals surface area contributed by atoms with Crippen LogP contribution in [-0.4, -0.2) is 30.7 Å². The Bertz CT molecular complexity index is 296. The molecule has 0 aromatic rings. The summed E-state index contributed by atoms with van der Waals surface area (Å²) in [5.41, 5.74) is -2.62. The molecule has 1 aliphatic carbocycles. The molecule has 3 fully saturated rings. The quantitative estimate of drug-likeness (QED) is 0.511. The van der Waals surface area contributed by atoms with Crippen LogP contribution in [-0.2, 0) is 14.3 Å². The Morgan fingerprint density at radius 2 is 2.29 bits per heavy atom. The fraction of sp³-hybridized carbons (Fsp3) is 0.778. The third-order valence-electron chi connectivity index (χ3n) is 2.90. The number of carbonyl (C=O) groups is 2. The van der Waals surface area contributed by atoms with E-state index in [1.807, 2.05) is 0 Å². The van der Waals surface area contributed by atoms with E-state index in [4.69, 9.17) is 4.74 Å². The molecule has 1 saturated carbocycles. The molecule has 1 amide bonds. The van der Waals surface area contributed by atoms with Crippen LogP contribution in [0.25, 0.3) is 0 Å². The van der Waals surface area contributed by atoms with Gasteiger partial charge in [0.1, 0.15) is 5.67 Å². The maximum absolute atomic E-state index is 13.5. The first-order chi connectivity index (χ1) is 6.52. The summed E-state index contributed by atoms with van der Waals surface area (Å²) in [4.78, 5) is 22.9. The lowest BCUT2D eigenvalue weighted by Gasteiger charge is -2.52. The molecule has 2 aliphatic heterocycles. The van der Waals surface area contributed by atoms with Gasteiger partial charge < -0.3 is 10.1 Å². The Labute approximate surface area is 80.8 Å². The summed E-state index contributed by atoms with van der Waals surface area (Å²) in [5.74, 6) is -0.985. The van der Waals surface area contributed by atoms with Gasteiger partial charge in [-0.1, -0.05) is 0 Å². The van der Waals surface area contributed by atoms with Gasteiger partial charge in [-0.2, -0.15) is 0 Å². The molecule has 0 aromatic heterocycles. The van der Waals surface area contributed by atoms with Crippen molar-refractivity contribution in [3.8, 4) is 0 Å². The molecule has 78 valence electrons. The summed E-state index contributed by atoms with van der Waals surface area (Å²) in [7, 11) is 0. The minimum absolute atomic E-state index is 0.0208. The lowest BCUT2D eigenvalue weighted by molar-refractivity contribution is -0.188. The highest BCUT2D eigenvalue weighted by Crippen LogP contribution is 2.54. The van der Waals surface area contributed by atoms with Gasteiger partial charge in [-0.15, -0.1) is 0 Å². The lowest BCUT2D eigenvalue weighted by atomic mass is 9.57.